The van der Waals surface area contributed by atoms with E-state index in [4.69, 9.17) is 15.2 Å². The molecule has 1 aliphatic rings. The first-order chi connectivity index (χ1) is 8.77. The minimum atomic E-state index is -0.643. The molecule has 1 heterocycles. The maximum atomic E-state index is 11.9. The topological polar surface area (TPSA) is 73.6 Å². The van der Waals surface area contributed by atoms with Gasteiger partial charge in [-0.15, -0.1) is 0 Å². The Morgan fingerprint density at radius 1 is 1.39 bits per heavy atom. The van der Waals surface area contributed by atoms with E-state index in [0.29, 0.717) is 26.4 Å². The molecular weight excluding hydrogens is 232 g/mol. The van der Waals surface area contributed by atoms with Crippen LogP contribution in [0.4, 0.5) is 0 Å². The monoisotopic (exact) mass is 250 g/mol. The van der Waals surface area contributed by atoms with Gasteiger partial charge in [-0.2, -0.15) is 0 Å². The maximum Gasteiger partial charge on any atom is 0.241 e. The smallest absolute Gasteiger partial charge is 0.241 e. The zero-order chi connectivity index (χ0) is 12.8. The summed E-state index contributed by atoms with van der Waals surface area (Å²) >= 11 is 0. The van der Waals surface area contributed by atoms with Gasteiger partial charge in [0.15, 0.2) is 0 Å². The predicted octanol–water partition coefficient (Wildman–Crippen LogP) is 0.218. The van der Waals surface area contributed by atoms with Gasteiger partial charge in [0.1, 0.15) is 6.04 Å². The van der Waals surface area contributed by atoms with E-state index < -0.39 is 6.04 Å². The van der Waals surface area contributed by atoms with Crippen LogP contribution in [0, 0.1) is 0 Å². The predicted molar refractivity (Wildman–Crippen MR) is 66.9 cm³/mol. The van der Waals surface area contributed by atoms with Gasteiger partial charge in [0.05, 0.1) is 25.9 Å². The SMILES string of the molecule is N[C@H](C(=O)NCC1COCCO1)c1ccccc1. The molecule has 0 spiro atoms. The zero-order valence-corrected chi connectivity index (χ0v) is 10.2. The van der Waals surface area contributed by atoms with E-state index in [1.165, 1.54) is 0 Å². The lowest BCUT2D eigenvalue weighted by molar-refractivity contribution is -0.125. The van der Waals surface area contributed by atoms with Crippen molar-refractivity contribution < 1.29 is 14.3 Å². The lowest BCUT2D eigenvalue weighted by Gasteiger charge is -2.23. The second-order valence-electron chi connectivity index (χ2n) is 4.20. The number of carbonyl (C=O) groups is 1. The summed E-state index contributed by atoms with van der Waals surface area (Å²) in [4.78, 5) is 11.9. The van der Waals surface area contributed by atoms with Gasteiger partial charge in [0, 0.05) is 6.54 Å². The summed E-state index contributed by atoms with van der Waals surface area (Å²) in [5.41, 5.74) is 6.67. The highest BCUT2D eigenvalue weighted by molar-refractivity contribution is 5.82. The molecule has 2 rings (SSSR count). The molecular formula is C13H18N2O3. The second-order valence-corrected chi connectivity index (χ2v) is 4.20. The number of carbonyl (C=O) groups excluding carboxylic acids is 1. The first-order valence-corrected chi connectivity index (χ1v) is 6.05. The van der Waals surface area contributed by atoms with Crippen LogP contribution in [0.15, 0.2) is 30.3 Å². The minimum Gasteiger partial charge on any atom is -0.376 e. The average molecular weight is 250 g/mol. The lowest BCUT2D eigenvalue weighted by Crippen LogP contribution is -2.42. The van der Waals surface area contributed by atoms with Gasteiger partial charge in [-0.25, -0.2) is 0 Å². The van der Waals surface area contributed by atoms with E-state index in [0.717, 1.165) is 5.56 Å². The number of hydrogen-bond donors (Lipinski definition) is 2. The van der Waals surface area contributed by atoms with Crippen molar-refractivity contribution in [3.63, 3.8) is 0 Å². The van der Waals surface area contributed by atoms with Gasteiger partial charge in [0.25, 0.3) is 0 Å². The van der Waals surface area contributed by atoms with Crippen molar-refractivity contribution in [2.45, 2.75) is 12.1 Å². The van der Waals surface area contributed by atoms with Crippen molar-refractivity contribution in [2.75, 3.05) is 26.4 Å². The molecule has 1 aromatic carbocycles. The molecule has 98 valence electrons. The Bertz CT molecular complexity index is 377. The normalized spacial score (nSPS) is 21.3. The Hall–Kier alpha value is -1.43. The van der Waals surface area contributed by atoms with Crippen molar-refractivity contribution in [3.8, 4) is 0 Å². The van der Waals surface area contributed by atoms with Gasteiger partial charge in [-0.3, -0.25) is 4.79 Å². The summed E-state index contributed by atoms with van der Waals surface area (Å²) in [5, 5.41) is 2.78. The molecule has 18 heavy (non-hydrogen) atoms. The standard InChI is InChI=1S/C13H18N2O3/c14-12(10-4-2-1-3-5-10)13(16)15-8-11-9-17-6-7-18-11/h1-5,11-12H,6-9,14H2,(H,15,16)/t11?,12-/m0/s1. The highest BCUT2D eigenvalue weighted by Gasteiger charge is 2.19. The summed E-state index contributed by atoms with van der Waals surface area (Å²) < 4.78 is 10.7. The molecule has 1 saturated heterocycles. The first kappa shape index (κ1) is 13.0. The number of hydrogen-bond acceptors (Lipinski definition) is 4. The Balaban J connectivity index is 1.80. The molecule has 1 unspecified atom stereocenters. The van der Waals surface area contributed by atoms with Gasteiger partial charge >= 0.3 is 0 Å². The van der Waals surface area contributed by atoms with Crippen molar-refractivity contribution in [1.82, 2.24) is 5.32 Å². The minimum absolute atomic E-state index is 0.0781. The van der Waals surface area contributed by atoms with E-state index in [1.54, 1.807) is 0 Å². The van der Waals surface area contributed by atoms with Crippen LogP contribution in [-0.4, -0.2) is 38.4 Å². The fourth-order valence-corrected chi connectivity index (χ4v) is 1.79. The van der Waals surface area contributed by atoms with Crippen LogP contribution in [0.5, 0.6) is 0 Å². The van der Waals surface area contributed by atoms with Crippen LogP contribution in [0.3, 0.4) is 0 Å². The zero-order valence-electron chi connectivity index (χ0n) is 10.2. The largest absolute Gasteiger partial charge is 0.376 e. The summed E-state index contributed by atoms with van der Waals surface area (Å²) in [5.74, 6) is -0.199. The lowest BCUT2D eigenvalue weighted by atomic mass is 10.1. The maximum absolute atomic E-state index is 11.9. The van der Waals surface area contributed by atoms with E-state index in [2.05, 4.69) is 5.32 Å². The summed E-state index contributed by atoms with van der Waals surface area (Å²) in [6.45, 7) is 2.14. The molecule has 1 fully saturated rings. The molecule has 2 atom stereocenters. The Labute approximate surface area is 106 Å². The molecule has 5 nitrogen and oxygen atoms in total. The highest BCUT2D eigenvalue weighted by Crippen LogP contribution is 2.09. The fraction of sp³-hybridized carbons (Fsp3) is 0.462. The van der Waals surface area contributed by atoms with Crippen molar-refractivity contribution in [1.29, 1.82) is 0 Å². The molecule has 0 radical (unpaired) electrons. The van der Waals surface area contributed by atoms with Gasteiger partial charge < -0.3 is 20.5 Å². The molecule has 0 saturated carbocycles. The summed E-state index contributed by atoms with van der Waals surface area (Å²) in [7, 11) is 0. The quantitative estimate of drug-likeness (QED) is 0.801. The van der Waals surface area contributed by atoms with Crippen LogP contribution in [0.1, 0.15) is 11.6 Å². The summed E-state index contributed by atoms with van der Waals surface area (Å²) in [6, 6.07) is 8.65. The Morgan fingerprint density at radius 2 is 2.17 bits per heavy atom. The Morgan fingerprint density at radius 3 is 2.83 bits per heavy atom. The molecule has 1 amide bonds. The van der Waals surface area contributed by atoms with E-state index in [-0.39, 0.29) is 12.0 Å². The molecule has 0 aromatic heterocycles. The van der Waals surface area contributed by atoms with Crippen LogP contribution in [-0.2, 0) is 14.3 Å². The number of ether oxygens (including phenoxy) is 2. The van der Waals surface area contributed by atoms with Gasteiger partial charge in [0.2, 0.25) is 5.91 Å². The molecule has 5 heteroatoms. The van der Waals surface area contributed by atoms with Gasteiger partial charge in [-0.1, -0.05) is 30.3 Å². The third-order valence-corrected chi connectivity index (χ3v) is 2.83. The van der Waals surface area contributed by atoms with Crippen LogP contribution in [0.25, 0.3) is 0 Å². The molecule has 1 aliphatic heterocycles. The number of rotatable bonds is 4. The molecule has 0 aliphatic carbocycles. The van der Waals surface area contributed by atoms with E-state index >= 15 is 0 Å². The van der Waals surface area contributed by atoms with Crippen LogP contribution >= 0.6 is 0 Å². The number of nitrogens with one attached hydrogen (secondary N) is 1. The molecule has 1 aromatic rings. The van der Waals surface area contributed by atoms with Crippen LogP contribution in [0.2, 0.25) is 0 Å². The first-order valence-electron chi connectivity index (χ1n) is 6.05. The second kappa shape index (κ2) is 6.49. The van der Waals surface area contributed by atoms with Crippen molar-refractivity contribution in [3.05, 3.63) is 35.9 Å². The van der Waals surface area contributed by atoms with Crippen LogP contribution < -0.4 is 11.1 Å². The Kier molecular flexibility index (Phi) is 4.69. The van der Waals surface area contributed by atoms with Gasteiger partial charge in [-0.05, 0) is 5.56 Å². The van der Waals surface area contributed by atoms with E-state index in [1.807, 2.05) is 30.3 Å². The number of amides is 1. The van der Waals surface area contributed by atoms with E-state index in [9.17, 15) is 4.79 Å². The van der Waals surface area contributed by atoms with Crippen molar-refractivity contribution in [2.24, 2.45) is 5.73 Å². The number of benzene rings is 1. The third-order valence-electron chi connectivity index (χ3n) is 2.83. The average Bonchev–Trinajstić information content (AvgIpc) is 2.46. The molecule has 3 N–H and O–H groups in total. The summed E-state index contributed by atoms with van der Waals surface area (Å²) in [6.07, 6.45) is -0.0781. The van der Waals surface area contributed by atoms with Crippen molar-refractivity contribution >= 4 is 5.91 Å². The molecule has 0 bridgehead atoms. The number of nitrogens with two attached hydrogens (primary N) is 1. The fourth-order valence-electron chi connectivity index (χ4n) is 1.79. The third kappa shape index (κ3) is 3.53. The highest BCUT2D eigenvalue weighted by atomic mass is 16.6.